The molecule has 1 aromatic carbocycles. The summed E-state index contributed by atoms with van der Waals surface area (Å²) in [5, 5.41) is 4.29. The molecule has 138 valence electrons. The number of rotatable bonds is 7. The predicted octanol–water partition coefficient (Wildman–Crippen LogP) is 2.42. The zero-order valence-corrected chi connectivity index (χ0v) is 16.0. The van der Waals surface area contributed by atoms with E-state index < -0.39 is 0 Å². The molecule has 2 N–H and O–H groups in total. The summed E-state index contributed by atoms with van der Waals surface area (Å²) in [6.07, 6.45) is 3.39. The van der Waals surface area contributed by atoms with Gasteiger partial charge in [0, 0.05) is 19.8 Å². The smallest absolute Gasteiger partial charge is 0.256 e. The first kappa shape index (κ1) is 21.0. The maximum absolute atomic E-state index is 12.5. The number of ether oxygens (including phenoxy) is 1. The zero-order valence-electron chi connectivity index (χ0n) is 15.2. The van der Waals surface area contributed by atoms with E-state index in [1.807, 2.05) is 38.1 Å². The van der Waals surface area contributed by atoms with Gasteiger partial charge in [-0.25, -0.2) is 0 Å². The van der Waals surface area contributed by atoms with Crippen molar-refractivity contribution in [3.05, 3.63) is 47.8 Å². The Kier molecular flexibility index (Phi) is 7.45. The lowest BCUT2D eigenvalue weighted by molar-refractivity contribution is 0.0740. The first-order valence-corrected chi connectivity index (χ1v) is 7.95. The quantitative estimate of drug-likeness (QED) is 0.816. The molecule has 2 aromatic rings. The number of halogens is 1. The molecule has 2 rings (SSSR count). The van der Waals surface area contributed by atoms with Crippen molar-refractivity contribution >= 4 is 18.3 Å². The van der Waals surface area contributed by atoms with E-state index in [-0.39, 0.29) is 23.7 Å². The summed E-state index contributed by atoms with van der Waals surface area (Å²) in [4.78, 5) is 14.2. The van der Waals surface area contributed by atoms with Crippen molar-refractivity contribution in [1.82, 2.24) is 14.7 Å². The average Bonchev–Trinajstić information content (AvgIpc) is 3.03. The molecule has 0 saturated carbocycles. The van der Waals surface area contributed by atoms with Crippen molar-refractivity contribution in [2.24, 2.45) is 11.1 Å². The molecule has 0 atom stereocenters. The molecule has 0 bridgehead atoms. The van der Waals surface area contributed by atoms with E-state index in [1.54, 1.807) is 36.1 Å². The largest absolute Gasteiger partial charge is 0.497 e. The number of amides is 1. The second kappa shape index (κ2) is 8.87. The number of carbonyl (C=O) groups is 1. The number of methoxy groups -OCH3 is 1. The minimum Gasteiger partial charge on any atom is -0.497 e. The van der Waals surface area contributed by atoms with Gasteiger partial charge in [-0.3, -0.25) is 9.48 Å². The van der Waals surface area contributed by atoms with Crippen molar-refractivity contribution in [2.75, 3.05) is 27.2 Å². The van der Waals surface area contributed by atoms with E-state index >= 15 is 0 Å². The van der Waals surface area contributed by atoms with Crippen LogP contribution in [-0.2, 0) is 6.54 Å². The molecule has 25 heavy (non-hydrogen) atoms. The van der Waals surface area contributed by atoms with Crippen LogP contribution in [0.15, 0.2) is 36.7 Å². The highest BCUT2D eigenvalue weighted by Gasteiger charge is 2.22. The minimum atomic E-state index is -0.108. The SMILES string of the molecule is COc1ccc(Cn2cc(C(=O)N(C)CC(C)(C)CN)cn2)cc1.Cl. The molecule has 0 radical (unpaired) electrons. The van der Waals surface area contributed by atoms with Crippen LogP contribution in [0.3, 0.4) is 0 Å². The summed E-state index contributed by atoms with van der Waals surface area (Å²) in [7, 11) is 3.43. The zero-order chi connectivity index (χ0) is 17.7. The molecule has 6 nitrogen and oxygen atoms in total. The van der Waals surface area contributed by atoms with Gasteiger partial charge < -0.3 is 15.4 Å². The van der Waals surface area contributed by atoms with Crippen molar-refractivity contribution in [2.45, 2.75) is 20.4 Å². The Hall–Kier alpha value is -2.05. The van der Waals surface area contributed by atoms with E-state index in [1.165, 1.54) is 0 Å². The number of nitrogens with two attached hydrogens (primary N) is 1. The third kappa shape index (κ3) is 5.76. The van der Waals surface area contributed by atoms with Crippen LogP contribution in [-0.4, -0.2) is 47.8 Å². The molecule has 1 heterocycles. The van der Waals surface area contributed by atoms with E-state index in [0.717, 1.165) is 11.3 Å². The number of benzene rings is 1. The summed E-state index contributed by atoms with van der Waals surface area (Å²) >= 11 is 0. The third-order valence-electron chi connectivity index (χ3n) is 3.95. The molecule has 0 aliphatic rings. The number of hydrogen-bond donors (Lipinski definition) is 1. The highest BCUT2D eigenvalue weighted by atomic mass is 35.5. The molecule has 0 unspecified atom stereocenters. The first-order valence-electron chi connectivity index (χ1n) is 7.95. The summed E-state index contributed by atoms with van der Waals surface area (Å²) in [5.74, 6) is 0.775. The van der Waals surface area contributed by atoms with E-state index in [0.29, 0.717) is 25.2 Å². The topological polar surface area (TPSA) is 73.4 Å². The predicted molar refractivity (Wildman–Crippen MR) is 101 cm³/mol. The molecule has 1 aromatic heterocycles. The van der Waals surface area contributed by atoms with Gasteiger partial charge in [-0.2, -0.15) is 5.10 Å². The van der Waals surface area contributed by atoms with Crippen LogP contribution < -0.4 is 10.5 Å². The minimum absolute atomic E-state index is 0. The summed E-state index contributed by atoms with van der Waals surface area (Å²) in [5.41, 5.74) is 7.31. The molecule has 0 aliphatic carbocycles. The molecule has 0 fully saturated rings. The summed E-state index contributed by atoms with van der Waals surface area (Å²) in [6, 6.07) is 7.79. The monoisotopic (exact) mass is 366 g/mol. The van der Waals surface area contributed by atoms with Crippen molar-refractivity contribution in [3.8, 4) is 5.75 Å². The van der Waals surface area contributed by atoms with Crippen molar-refractivity contribution < 1.29 is 9.53 Å². The Morgan fingerprint density at radius 3 is 2.52 bits per heavy atom. The second-order valence-electron chi connectivity index (χ2n) is 6.80. The van der Waals surface area contributed by atoms with E-state index in [2.05, 4.69) is 5.10 Å². The maximum atomic E-state index is 12.5. The van der Waals surface area contributed by atoms with Crippen LogP contribution in [0.2, 0.25) is 0 Å². The van der Waals surface area contributed by atoms with E-state index in [4.69, 9.17) is 10.5 Å². The van der Waals surface area contributed by atoms with Crippen LogP contribution in [0.1, 0.15) is 29.8 Å². The fraction of sp³-hybridized carbons (Fsp3) is 0.444. The van der Waals surface area contributed by atoms with Gasteiger partial charge in [0.25, 0.3) is 5.91 Å². The maximum Gasteiger partial charge on any atom is 0.256 e. The highest BCUT2D eigenvalue weighted by Crippen LogP contribution is 2.16. The van der Waals surface area contributed by atoms with Gasteiger partial charge in [0.2, 0.25) is 0 Å². The standard InChI is InChI=1S/C18H26N4O2.ClH/c1-18(2,12-19)13-21(3)17(23)15-9-20-22(11-15)10-14-5-7-16(24-4)8-6-14;/h5-9,11H,10,12-13,19H2,1-4H3;1H. The van der Waals surface area contributed by atoms with Crippen LogP contribution in [0, 0.1) is 5.41 Å². The van der Waals surface area contributed by atoms with Crippen molar-refractivity contribution in [3.63, 3.8) is 0 Å². The number of hydrogen-bond acceptors (Lipinski definition) is 4. The normalized spacial score (nSPS) is 10.9. The Balaban J connectivity index is 0.00000312. The van der Waals surface area contributed by atoms with Crippen LogP contribution >= 0.6 is 12.4 Å². The van der Waals surface area contributed by atoms with Gasteiger partial charge >= 0.3 is 0 Å². The molecular weight excluding hydrogens is 340 g/mol. The molecule has 0 spiro atoms. The molecule has 7 heteroatoms. The highest BCUT2D eigenvalue weighted by molar-refractivity contribution is 5.93. The Labute approximate surface area is 155 Å². The number of carbonyl (C=O) groups excluding carboxylic acids is 1. The van der Waals surface area contributed by atoms with Crippen LogP contribution in [0.25, 0.3) is 0 Å². The van der Waals surface area contributed by atoms with Gasteiger partial charge in [0.05, 0.1) is 25.4 Å². The van der Waals surface area contributed by atoms with Crippen LogP contribution in [0.4, 0.5) is 0 Å². The second-order valence-corrected chi connectivity index (χ2v) is 6.80. The Morgan fingerprint density at radius 2 is 1.96 bits per heavy atom. The van der Waals surface area contributed by atoms with Gasteiger partial charge in [-0.1, -0.05) is 26.0 Å². The number of nitrogens with zero attached hydrogens (tertiary/aromatic N) is 3. The fourth-order valence-corrected chi connectivity index (χ4v) is 2.48. The molecule has 1 amide bonds. The summed E-state index contributed by atoms with van der Waals surface area (Å²) < 4.78 is 6.91. The lowest BCUT2D eigenvalue weighted by Crippen LogP contribution is -2.39. The van der Waals surface area contributed by atoms with Gasteiger partial charge in [-0.15, -0.1) is 12.4 Å². The average molecular weight is 367 g/mol. The molecule has 0 aliphatic heterocycles. The Morgan fingerprint density at radius 1 is 1.32 bits per heavy atom. The van der Waals surface area contributed by atoms with Crippen LogP contribution in [0.5, 0.6) is 5.75 Å². The lowest BCUT2D eigenvalue weighted by atomic mass is 9.93. The lowest BCUT2D eigenvalue weighted by Gasteiger charge is -2.28. The third-order valence-corrected chi connectivity index (χ3v) is 3.95. The molecule has 0 saturated heterocycles. The van der Waals surface area contributed by atoms with E-state index in [9.17, 15) is 4.79 Å². The number of aromatic nitrogens is 2. The Bertz CT molecular complexity index is 683. The van der Waals surface area contributed by atoms with Gasteiger partial charge in [0.15, 0.2) is 0 Å². The van der Waals surface area contributed by atoms with Gasteiger partial charge in [0.1, 0.15) is 5.75 Å². The summed E-state index contributed by atoms with van der Waals surface area (Å²) in [6.45, 7) is 5.83. The fourth-order valence-electron chi connectivity index (χ4n) is 2.48. The van der Waals surface area contributed by atoms with Crippen molar-refractivity contribution in [1.29, 1.82) is 0 Å². The first-order chi connectivity index (χ1) is 11.3. The molecular formula is C18H27ClN4O2. The van der Waals surface area contributed by atoms with Gasteiger partial charge in [-0.05, 0) is 29.7 Å².